The van der Waals surface area contributed by atoms with E-state index in [9.17, 15) is 8.42 Å². The highest BCUT2D eigenvalue weighted by atomic mass is 32.2. The molecule has 0 bridgehead atoms. The van der Waals surface area contributed by atoms with Crippen LogP contribution in [0.25, 0.3) is 0 Å². The number of nitrogens with one attached hydrogen (secondary N) is 1. The summed E-state index contributed by atoms with van der Waals surface area (Å²) in [5, 5.41) is 3.87. The minimum absolute atomic E-state index is 0.0350. The average molecular weight is 337 g/mol. The summed E-state index contributed by atoms with van der Waals surface area (Å²) in [5.41, 5.74) is 1.65. The molecule has 1 N–H and O–H groups in total. The van der Waals surface area contributed by atoms with Crippen LogP contribution in [0.4, 0.5) is 0 Å². The van der Waals surface area contributed by atoms with E-state index in [1.54, 1.807) is 0 Å². The summed E-state index contributed by atoms with van der Waals surface area (Å²) in [6, 6.07) is 7.45. The first-order chi connectivity index (χ1) is 10.7. The summed E-state index contributed by atoms with van der Waals surface area (Å²) in [5.74, 6) is 1.02. The zero-order valence-electron chi connectivity index (χ0n) is 14.0. The molecular formula is C16H23N3O3S. The van der Waals surface area contributed by atoms with Gasteiger partial charge in [-0.25, -0.2) is 13.1 Å². The van der Waals surface area contributed by atoms with Crippen molar-refractivity contribution in [2.24, 2.45) is 0 Å². The van der Waals surface area contributed by atoms with Gasteiger partial charge >= 0.3 is 0 Å². The molecule has 7 heteroatoms. The van der Waals surface area contributed by atoms with E-state index in [1.807, 2.05) is 52.0 Å². The molecule has 0 radical (unpaired) electrons. The third-order valence-corrected chi connectivity index (χ3v) is 4.61. The molecule has 0 aliphatic rings. The Balaban J connectivity index is 1.87. The number of hydrogen-bond acceptors (Lipinski definition) is 5. The number of aryl methyl sites for hydroxylation is 1. The van der Waals surface area contributed by atoms with E-state index < -0.39 is 10.0 Å². The van der Waals surface area contributed by atoms with Gasteiger partial charge in [0.15, 0.2) is 5.82 Å². The number of benzene rings is 1. The van der Waals surface area contributed by atoms with Crippen LogP contribution in [0.1, 0.15) is 43.6 Å². The van der Waals surface area contributed by atoms with Gasteiger partial charge < -0.3 is 4.52 Å². The lowest BCUT2D eigenvalue weighted by atomic mass is 9.97. The molecule has 2 rings (SSSR count). The van der Waals surface area contributed by atoms with Crippen LogP contribution in [-0.4, -0.2) is 25.1 Å². The van der Waals surface area contributed by atoms with E-state index in [0.29, 0.717) is 18.1 Å². The minimum atomic E-state index is -3.38. The molecular weight excluding hydrogens is 314 g/mol. The molecule has 0 aliphatic heterocycles. The highest BCUT2D eigenvalue weighted by molar-refractivity contribution is 7.88. The van der Waals surface area contributed by atoms with E-state index in [0.717, 1.165) is 11.1 Å². The lowest BCUT2D eigenvalue weighted by Crippen LogP contribution is -2.27. The van der Waals surface area contributed by atoms with Gasteiger partial charge in [-0.05, 0) is 12.5 Å². The van der Waals surface area contributed by atoms with Crippen LogP contribution in [0.5, 0.6) is 0 Å². The molecule has 0 aliphatic carbocycles. The van der Waals surface area contributed by atoms with Crippen molar-refractivity contribution in [1.29, 1.82) is 0 Å². The van der Waals surface area contributed by atoms with Crippen LogP contribution >= 0.6 is 0 Å². The molecule has 23 heavy (non-hydrogen) atoms. The average Bonchev–Trinajstić information content (AvgIpc) is 2.90. The highest BCUT2D eigenvalue weighted by Gasteiger charge is 2.21. The maximum Gasteiger partial charge on any atom is 0.232 e. The molecule has 1 heterocycles. The predicted molar refractivity (Wildman–Crippen MR) is 88.5 cm³/mol. The summed E-state index contributed by atoms with van der Waals surface area (Å²) < 4.78 is 31.9. The molecule has 0 fully saturated rings. The normalized spacial score (nSPS) is 12.5. The van der Waals surface area contributed by atoms with Gasteiger partial charge in [-0.2, -0.15) is 4.98 Å². The van der Waals surface area contributed by atoms with Crippen LogP contribution in [0.15, 0.2) is 28.8 Å². The Labute approximate surface area is 137 Å². The Bertz CT molecular complexity index is 744. The molecule has 0 saturated heterocycles. The van der Waals surface area contributed by atoms with Gasteiger partial charge in [-0.3, -0.25) is 0 Å². The second kappa shape index (κ2) is 6.80. The molecule has 0 spiro atoms. The van der Waals surface area contributed by atoms with Gasteiger partial charge in [0.05, 0.1) is 5.75 Å². The summed E-state index contributed by atoms with van der Waals surface area (Å²) in [7, 11) is -3.38. The molecule has 1 aromatic heterocycles. The van der Waals surface area contributed by atoms with Gasteiger partial charge in [-0.15, -0.1) is 0 Å². The summed E-state index contributed by atoms with van der Waals surface area (Å²) in [6.07, 6.45) is 0.396. The number of nitrogens with zero attached hydrogens (tertiary/aromatic N) is 2. The Kier molecular flexibility index (Phi) is 5.21. The van der Waals surface area contributed by atoms with Gasteiger partial charge in [0, 0.05) is 18.4 Å². The quantitative estimate of drug-likeness (QED) is 0.874. The fraction of sp³-hybridized carbons (Fsp3) is 0.500. The van der Waals surface area contributed by atoms with E-state index in [2.05, 4.69) is 14.9 Å². The molecule has 1 aromatic carbocycles. The molecule has 2 aromatic rings. The van der Waals surface area contributed by atoms with Crippen LogP contribution in [0.2, 0.25) is 0 Å². The van der Waals surface area contributed by atoms with Crippen LogP contribution in [-0.2, 0) is 27.6 Å². The van der Waals surface area contributed by atoms with Crippen molar-refractivity contribution in [3.8, 4) is 0 Å². The molecule has 0 unspecified atom stereocenters. The van der Waals surface area contributed by atoms with Gasteiger partial charge in [-0.1, -0.05) is 55.8 Å². The van der Waals surface area contributed by atoms with E-state index >= 15 is 0 Å². The smallest absolute Gasteiger partial charge is 0.232 e. The zero-order chi connectivity index (χ0) is 17.1. The van der Waals surface area contributed by atoms with Crippen molar-refractivity contribution in [3.63, 3.8) is 0 Å². The van der Waals surface area contributed by atoms with Crippen molar-refractivity contribution < 1.29 is 12.9 Å². The van der Waals surface area contributed by atoms with E-state index in [1.165, 1.54) is 0 Å². The predicted octanol–water partition coefficient (Wildman–Crippen LogP) is 2.34. The van der Waals surface area contributed by atoms with Crippen LogP contribution in [0.3, 0.4) is 0 Å². The Hall–Kier alpha value is -1.73. The second-order valence-electron chi connectivity index (χ2n) is 6.65. The Morgan fingerprint density at radius 1 is 1.17 bits per heavy atom. The third-order valence-electron chi connectivity index (χ3n) is 3.26. The topological polar surface area (TPSA) is 85.1 Å². The van der Waals surface area contributed by atoms with E-state index in [4.69, 9.17) is 4.52 Å². The van der Waals surface area contributed by atoms with Crippen molar-refractivity contribution >= 4 is 10.0 Å². The van der Waals surface area contributed by atoms with Crippen molar-refractivity contribution in [2.75, 3.05) is 6.54 Å². The van der Waals surface area contributed by atoms with E-state index in [-0.39, 0.29) is 17.7 Å². The number of aromatic nitrogens is 2. The van der Waals surface area contributed by atoms with Crippen LogP contribution < -0.4 is 4.72 Å². The molecule has 6 nitrogen and oxygen atoms in total. The van der Waals surface area contributed by atoms with Crippen molar-refractivity contribution in [1.82, 2.24) is 14.9 Å². The second-order valence-corrected chi connectivity index (χ2v) is 8.46. The SMILES string of the molecule is Cc1ccc(CS(=O)(=O)NCCc2noc(C(C)(C)C)n2)cc1. The molecule has 0 atom stereocenters. The lowest BCUT2D eigenvalue weighted by molar-refractivity contribution is 0.318. The minimum Gasteiger partial charge on any atom is -0.339 e. The van der Waals surface area contributed by atoms with Crippen molar-refractivity contribution in [3.05, 3.63) is 47.1 Å². The van der Waals surface area contributed by atoms with Gasteiger partial charge in [0.1, 0.15) is 0 Å². The third kappa shape index (κ3) is 5.44. The van der Waals surface area contributed by atoms with Crippen LogP contribution in [0, 0.1) is 6.92 Å². The largest absolute Gasteiger partial charge is 0.339 e. The maximum atomic E-state index is 12.1. The lowest BCUT2D eigenvalue weighted by Gasteiger charge is -2.10. The standard InChI is InChI=1S/C16H23N3O3S/c1-12-5-7-13(8-6-12)11-23(20,21)17-10-9-14-18-15(22-19-14)16(2,3)4/h5-8,17H,9-11H2,1-4H3. The monoisotopic (exact) mass is 337 g/mol. The Morgan fingerprint density at radius 2 is 1.83 bits per heavy atom. The maximum absolute atomic E-state index is 12.1. The van der Waals surface area contributed by atoms with Gasteiger partial charge in [0.2, 0.25) is 15.9 Å². The first-order valence-electron chi connectivity index (χ1n) is 7.52. The summed E-state index contributed by atoms with van der Waals surface area (Å²) in [6.45, 7) is 8.16. The fourth-order valence-corrected chi connectivity index (χ4v) is 3.08. The Morgan fingerprint density at radius 3 is 2.39 bits per heavy atom. The molecule has 0 saturated carbocycles. The molecule has 0 amide bonds. The summed E-state index contributed by atoms with van der Waals surface area (Å²) >= 11 is 0. The molecule has 126 valence electrons. The fourth-order valence-electron chi connectivity index (χ4n) is 1.93. The number of sulfonamides is 1. The summed E-state index contributed by atoms with van der Waals surface area (Å²) in [4.78, 5) is 4.28. The zero-order valence-corrected chi connectivity index (χ0v) is 14.8. The van der Waals surface area contributed by atoms with Gasteiger partial charge in [0.25, 0.3) is 0 Å². The number of hydrogen-bond donors (Lipinski definition) is 1. The highest BCUT2D eigenvalue weighted by Crippen LogP contribution is 2.19. The van der Waals surface area contributed by atoms with Crippen molar-refractivity contribution in [2.45, 2.75) is 45.3 Å². The first kappa shape index (κ1) is 17.6. The first-order valence-corrected chi connectivity index (χ1v) is 9.17. The number of rotatable bonds is 6.